The quantitative estimate of drug-likeness (QED) is 0.888. The lowest BCUT2D eigenvalue weighted by atomic mass is 9.97. The number of thiazole rings is 1. The van der Waals surface area contributed by atoms with Crippen molar-refractivity contribution >= 4 is 17.2 Å². The molecule has 2 heterocycles. The number of carbonyl (C=O) groups is 1. The Labute approximate surface area is 147 Å². The summed E-state index contributed by atoms with van der Waals surface area (Å²) in [7, 11) is 0. The van der Waals surface area contributed by atoms with Crippen LogP contribution in [0.25, 0.3) is 0 Å². The van der Waals surface area contributed by atoms with Crippen LogP contribution in [0.4, 0.5) is 0 Å². The van der Waals surface area contributed by atoms with Crippen LogP contribution in [0.15, 0.2) is 4.52 Å². The van der Waals surface area contributed by atoms with Gasteiger partial charge in [-0.05, 0) is 33.6 Å². The van der Waals surface area contributed by atoms with Crippen LogP contribution in [0.3, 0.4) is 0 Å². The standard InChI is InChI=1S/C17H26N4O2S/c1-8-9-11-18-10(2)12(24-11)13(22)20-17(6,7)14-19-15(23-21-14)16(3,4)5/h8-9H2,1-7H3,(H,20,22). The van der Waals surface area contributed by atoms with Crippen molar-refractivity contribution in [3.8, 4) is 0 Å². The van der Waals surface area contributed by atoms with Crippen LogP contribution in [0, 0.1) is 6.92 Å². The molecular formula is C17H26N4O2S. The minimum absolute atomic E-state index is 0.153. The molecule has 0 aliphatic rings. The van der Waals surface area contributed by atoms with Gasteiger partial charge in [0.05, 0.1) is 16.2 Å². The Morgan fingerprint density at radius 2 is 1.88 bits per heavy atom. The van der Waals surface area contributed by atoms with E-state index in [-0.39, 0.29) is 11.3 Å². The number of carbonyl (C=O) groups excluding carboxylic acids is 1. The van der Waals surface area contributed by atoms with Crippen LogP contribution in [0.5, 0.6) is 0 Å². The van der Waals surface area contributed by atoms with Crippen molar-refractivity contribution in [3.63, 3.8) is 0 Å². The molecule has 24 heavy (non-hydrogen) atoms. The summed E-state index contributed by atoms with van der Waals surface area (Å²) in [5, 5.41) is 8.03. The molecule has 0 bridgehead atoms. The normalized spacial score (nSPS) is 12.5. The summed E-state index contributed by atoms with van der Waals surface area (Å²) >= 11 is 1.45. The zero-order valence-corrected chi connectivity index (χ0v) is 16.3. The van der Waals surface area contributed by atoms with Gasteiger partial charge < -0.3 is 9.84 Å². The van der Waals surface area contributed by atoms with Crippen LogP contribution >= 0.6 is 11.3 Å². The van der Waals surface area contributed by atoms with Gasteiger partial charge in [0, 0.05) is 5.41 Å². The third-order valence-electron chi connectivity index (χ3n) is 3.56. The van der Waals surface area contributed by atoms with E-state index in [1.165, 1.54) is 11.3 Å². The highest BCUT2D eigenvalue weighted by molar-refractivity contribution is 7.13. The summed E-state index contributed by atoms with van der Waals surface area (Å²) in [6, 6.07) is 0. The molecule has 0 unspecified atom stereocenters. The average molecular weight is 350 g/mol. The van der Waals surface area contributed by atoms with Crippen molar-refractivity contribution < 1.29 is 9.32 Å². The predicted octanol–water partition coefficient (Wildman–Crippen LogP) is 3.75. The highest BCUT2D eigenvalue weighted by Crippen LogP contribution is 2.25. The summed E-state index contributed by atoms with van der Waals surface area (Å²) in [4.78, 5) is 22.2. The molecule has 2 aromatic heterocycles. The van der Waals surface area contributed by atoms with Crippen LogP contribution in [0.2, 0.25) is 0 Å². The lowest BCUT2D eigenvalue weighted by Gasteiger charge is -2.22. The number of aromatic nitrogens is 3. The number of hydrogen-bond donors (Lipinski definition) is 1. The van der Waals surface area contributed by atoms with Gasteiger partial charge in [-0.3, -0.25) is 4.79 Å². The summed E-state index contributed by atoms with van der Waals surface area (Å²) in [5.41, 5.74) is -0.194. The maximum atomic E-state index is 12.6. The predicted molar refractivity (Wildman–Crippen MR) is 94.3 cm³/mol. The Hall–Kier alpha value is -1.76. The van der Waals surface area contributed by atoms with Gasteiger partial charge in [-0.15, -0.1) is 11.3 Å². The molecule has 132 valence electrons. The Morgan fingerprint density at radius 3 is 2.42 bits per heavy atom. The molecule has 0 radical (unpaired) electrons. The van der Waals surface area contributed by atoms with E-state index in [0.29, 0.717) is 16.6 Å². The molecule has 0 spiro atoms. The molecule has 0 atom stereocenters. The smallest absolute Gasteiger partial charge is 0.264 e. The van der Waals surface area contributed by atoms with E-state index in [1.807, 2.05) is 41.5 Å². The fourth-order valence-corrected chi connectivity index (χ4v) is 3.22. The third kappa shape index (κ3) is 4.01. The number of nitrogens with zero attached hydrogens (tertiary/aromatic N) is 3. The van der Waals surface area contributed by atoms with E-state index in [2.05, 4.69) is 27.4 Å². The van der Waals surface area contributed by atoms with Crippen molar-refractivity contribution in [3.05, 3.63) is 27.3 Å². The van der Waals surface area contributed by atoms with Crippen molar-refractivity contribution in [2.45, 2.75) is 72.3 Å². The SMILES string of the molecule is CCCc1nc(C)c(C(=O)NC(C)(C)c2noc(C(C)(C)C)n2)s1. The molecule has 6 nitrogen and oxygen atoms in total. The Balaban J connectivity index is 2.19. The van der Waals surface area contributed by atoms with Crippen molar-refractivity contribution in [2.75, 3.05) is 0 Å². The Kier molecular flexibility index (Phi) is 5.13. The second-order valence-corrected chi connectivity index (χ2v) is 8.61. The lowest BCUT2D eigenvalue weighted by Crippen LogP contribution is -2.41. The van der Waals surface area contributed by atoms with Gasteiger partial charge in [0.15, 0.2) is 5.82 Å². The molecule has 7 heteroatoms. The Bertz CT molecular complexity index is 725. The second kappa shape index (κ2) is 6.63. The maximum absolute atomic E-state index is 12.6. The highest BCUT2D eigenvalue weighted by atomic mass is 32.1. The van der Waals surface area contributed by atoms with Gasteiger partial charge in [-0.2, -0.15) is 4.98 Å². The fraction of sp³-hybridized carbons (Fsp3) is 0.647. The lowest BCUT2D eigenvalue weighted by molar-refractivity contribution is 0.0911. The van der Waals surface area contributed by atoms with Gasteiger partial charge >= 0.3 is 0 Å². The minimum Gasteiger partial charge on any atom is -0.339 e. The van der Waals surface area contributed by atoms with Crippen LogP contribution in [0.1, 0.15) is 80.1 Å². The molecule has 2 aromatic rings. The zero-order chi connectivity index (χ0) is 18.1. The van der Waals surface area contributed by atoms with Crippen molar-refractivity contribution in [1.82, 2.24) is 20.4 Å². The summed E-state index contributed by atoms with van der Waals surface area (Å²) < 4.78 is 5.34. The summed E-state index contributed by atoms with van der Waals surface area (Å²) in [6.45, 7) is 13.7. The van der Waals surface area contributed by atoms with Gasteiger partial charge in [-0.1, -0.05) is 32.9 Å². The number of aryl methyl sites for hydroxylation is 2. The monoisotopic (exact) mass is 350 g/mol. The van der Waals surface area contributed by atoms with Gasteiger partial charge in [0.2, 0.25) is 5.89 Å². The van der Waals surface area contributed by atoms with Crippen molar-refractivity contribution in [2.24, 2.45) is 0 Å². The van der Waals surface area contributed by atoms with Gasteiger partial charge in [0.25, 0.3) is 5.91 Å². The summed E-state index contributed by atoms with van der Waals surface area (Å²) in [6.07, 6.45) is 1.90. The average Bonchev–Trinajstić information content (AvgIpc) is 3.05. The number of hydrogen-bond acceptors (Lipinski definition) is 6. The minimum atomic E-state index is -0.731. The summed E-state index contributed by atoms with van der Waals surface area (Å²) in [5.74, 6) is 0.871. The van der Waals surface area contributed by atoms with E-state index in [1.54, 1.807) is 0 Å². The number of amides is 1. The van der Waals surface area contributed by atoms with Gasteiger partial charge in [-0.25, -0.2) is 4.98 Å². The number of nitrogens with one attached hydrogen (secondary N) is 1. The molecule has 2 rings (SSSR count). The first kappa shape index (κ1) is 18.6. The molecule has 0 saturated heterocycles. The number of rotatable bonds is 5. The molecule has 0 fully saturated rings. The largest absolute Gasteiger partial charge is 0.339 e. The van der Waals surface area contributed by atoms with Crippen molar-refractivity contribution in [1.29, 1.82) is 0 Å². The fourth-order valence-electron chi connectivity index (χ4n) is 2.16. The highest BCUT2D eigenvalue weighted by Gasteiger charge is 2.32. The second-order valence-electron chi connectivity index (χ2n) is 7.52. The van der Waals surface area contributed by atoms with Crippen LogP contribution in [-0.4, -0.2) is 21.0 Å². The molecule has 0 saturated carbocycles. The third-order valence-corrected chi connectivity index (χ3v) is 4.78. The van der Waals surface area contributed by atoms with Crippen LogP contribution < -0.4 is 5.32 Å². The maximum Gasteiger partial charge on any atom is 0.264 e. The zero-order valence-electron chi connectivity index (χ0n) is 15.5. The molecule has 1 N–H and O–H groups in total. The molecule has 0 aliphatic heterocycles. The first-order valence-electron chi connectivity index (χ1n) is 8.18. The molecule has 1 amide bonds. The van der Waals surface area contributed by atoms with E-state index in [0.717, 1.165) is 23.5 Å². The van der Waals surface area contributed by atoms with E-state index >= 15 is 0 Å². The Morgan fingerprint density at radius 1 is 1.21 bits per heavy atom. The van der Waals surface area contributed by atoms with E-state index in [9.17, 15) is 4.79 Å². The van der Waals surface area contributed by atoms with E-state index < -0.39 is 5.54 Å². The first-order chi connectivity index (χ1) is 11.0. The van der Waals surface area contributed by atoms with Crippen LogP contribution in [-0.2, 0) is 17.4 Å². The molecule has 0 aromatic carbocycles. The van der Waals surface area contributed by atoms with Gasteiger partial charge in [0.1, 0.15) is 4.88 Å². The van der Waals surface area contributed by atoms with E-state index in [4.69, 9.17) is 4.52 Å². The molecule has 0 aliphatic carbocycles. The first-order valence-corrected chi connectivity index (χ1v) is 8.99. The molecular weight excluding hydrogens is 324 g/mol. The topological polar surface area (TPSA) is 80.9 Å².